The van der Waals surface area contributed by atoms with Crippen molar-refractivity contribution in [2.75, 3.05) is 7.11 Å². The maximum atomic E-state index is 13.3. The lowest BCUT2D eigenvalue weighted by Gasteiger charge is -2.07. The number of tetrazole rings is 2. The third kappa shape index (κ3) is 7.98. The van der Waals surface area contributed by atoms with Crippen molar-refractivity contribution in [2.24, 2.45) is 0 Å². The van der Waals surface area contributed by atoms with Gasteiger partial charge in [0.25, 0.3) is 23.4 Å². The highest BCUT2D eigenvalue weighted by molar-refractivity contribution is 5.96. The average Bonchev–Trinajstić information content (AvgIpc) is 3.78. The predicted molar refractivity (Wildman–Crippen MR) is 167 cm³/mol. The highest BCUT2D eigenvalue weighted by atomic mass is 19.1. The molecule has 3 N–H and O–H groups in total. The van der Waals surface area contributed by atoms with Crippen LogP contribution in [-0.4, -0.2) is 86.0 Å². The number of esters is 1. The molecular weight excluding hydrogens is 662 g/mol. The van der Waals surface area contributed by atoms with E-state index in [0.29, 0.717) is 16.7 Å². The van der Waals surface area contributed by atoms with Gasteiger partial charge in [0.05, 0.1) is 7.11 Å². The number of carboxylic acids is 1. The van der Waals surface area contributed by atoms with Gasteiger partial charge in [-0.3, -0.25) is 9.59 Å². The van der Waals surface area contributed by atoms with E-state index in [9.17, 15) is 28.0 Å². The number of fused-ring (bicyclic) bond motifs is 2. The number of carbonyl (C=O) groups is 4. The quantitative estimate of drug-likeness (QED) is 0.194. The van der Waals surface area contributed by atoms with Crippen LogP contribution in [0.4, 0.5) is 8.78 Å². The molecule has 4 aromatic heterocycles. The average molecular weight is 691 g/mol. The van der Waals surface area contributed by atoms with E-state index < -0.39 is 23.8 Å². The molecule has 50 heavy (non-hydrogen) atoms. The molecule has 2 amide bonds. The SMILES string of the molecule is C.COC(=O)c1cc(C(=O)NCc2ccc(F)c(C)c2)nc2nnnn12.Cc1cc(CNC(=O)c2cc(C(=O)O)n3nnnc3n2)ccc1F. The van der Waals surface area contributed by atoms with Crippen molar-refractivity contribution in [3.8, 4) is 0 Å². The molecule has 0 fully saturated rings. The van der Waals surface area contributed by atoms with Crippen molar-refractivity contribution in [1.82, 2.24) is 60.7 Å². The first-order valence-electron chi connectivity index (χ1n) is 14.0. The number of ether oxygens (including phenoxy) is 1. The molecule has 0 atom stereocenters. The van der Waals surface area contributed by atoms with Crippen LogP contribution < -0.4 is 10.6 Å². The highest BCUT2D eigenvalue weighted by Gasteiger charge is 2.20. The largest absolute Gasteiger partial charge is 0.477 e. The summed E-state index contributed by atoms with van der Waals surface area (Å²) in [6.07, 6.45) is 0. The number of benzene rings is 2. The number of aromatic nitrogens is 10. The van der Waals surface area contributed by atoms with Crippen molar-refractivity contribution in [3.63, 3.8) is 0 Å². The van der Waals surface area contributed by atoms with Crippen LogP contribution in [0.3, 0.4) is 0 Å². The number of amides is 2. The summed E-state index contributed by atoms with van der Waals surface area (Å²) in [6, 6.07) is 11.3. The maximum Gasteiger partial charge on any atom is 0.357 e. The summed E-state index contributed by atoms with van der Waals surface area (Å²) in [5.74, 6) is -3.88. The third-order valence-corrected chi connectivity index (χ3v) is 6.78. The first kappa shape index (κ1) is 36.0. The number of methoxy groups -OCH3 is 1. The van der Waals surface area contributed by atoms with E-state index in [1.165, 1.54) is 25.3 Å². The van der Waals surface area contributed by atoms with E-state index in [1.54, 1.807) is 38.1 Å². The standard InChI is InChI=1S/C15H13FN6O3.C14H11FN6O3.CH4/c1-8-5-9(3-4-10(8)16)7-17-13(23)11-6-12(14(24)25-2)22-15(18-11)19-20-21-22;1-7-4-8(2-3-9(7)15)6-16-12(22)10-5-11(13(23)24)21-14(17-10)18-19-20-21;/h3-6H,7H2,1-2H3,(H,17,23);2-5H,6H2,1H3,(H,16,22)(H,23,24);1H4. The second-order valence-corrected chi connectivity index (χ2v) is 10.2. The Balaban J connectivity index is 0.000000220. The number of hydrogen-bond acceptors (Lipinski definition) is 13. The van der Waals surface area contributed by atoms with Gasteiger partial charge in [0.1, 0.15) is 23.0 Å². The summed E-state index contributed by atoms with van der Waals surface area (Å²) >= 11 is 0. The van der Waals surface area contributed by atoms with Gasteiger partial charge in [-0.25, -0.2) is 28.3 Å². The number of aromatic carboxylic acids is 1. The molecule has 6 aromatic rings. The zero-order valence-electron chi connectivity index (χ0n) is 25.7. The Kier molecular flexibility index (Phi) is 11.1. The van der Waals surface area contributed by atoms with Gasteiger partial charge in [0.2, 0.25) is 0 Å². The van der Waals surface area contributed by atoms with Crippen molar-refractivity contribution >= 4 is 35.3 Å². The smallest absolute Gasteiger partial charge is 0.357 e. The molecule has 18 nitrogen and oxygen atoms in total. The van der Waals surface area contributed by atoms with Crippen LogP contribution in [0.5, 0.6) is 0 Å². The summed E-state index contributed by atoms with van der Waals surface area (Å²) in [4.78, 5) is 55.5. The number of aryl methyl sites for hydroxylation is 2. The van der Waals surface area contributed by atoms with E-state index in [2.05, 4.69) is 56.4 Å². The number of rotatable bonds is 8. The van der Waals surface area contributed by atoms with E-state index in [1.807, 2.05) is 0 Å². The molecule has 2 aromatic carbocycles. The van der Waals surface area contributed by atoms with E-state index in [0.717, 1.165) is 20.7 Å². The van der Waals surface area contributed by atoms with E-state index >= 15 is 0 Å². The second kappa shape index (κ2) is 15.4. The van der Waals surface area contributed by atoms with Gasteiger partial charge in [-0.2, -0.15) is 9.03 Å². The molecule has 0 bridgehead atoms. The van der Waals surface area contributed by atoms with Crippen LogP contribution in [-0.2, 0) is 17.8 Å². The molecule has 0 unspecified atom stereocenters. The third-order valence-electron chi connectivity index (χ3n) is 6.78. The van der Waals surface area contributed by atoms with Crippen LogP contribution in [0.1, 0.15) is 71.6 Å². The minimum atomic E-state index is -1.29. The molecule has 0 aliphatic heterocycles. The summed E-state index contributed by atoms with van der Waals surface area (Å²) in [5.41, 5.74) is 1.89. The Morgan fingerprint density at radius 1 is 0.740 bits per heavy atom. The number of carbonyl (C=O) groups excluding carboxylic acids is 3. The van der Waals surface area contributed by atoms with Gasteiger partial charge < -0.3 is 20.5 Å². The molecule has 0 saturated heterocycles. The first-order valence-corrected chi connectivity index (χ1v) is 14.0. The highest BCUT2D eigenvalue weighted by Crippen LogP contribution is 2.12. The predicted octanol–water partition coefficient (Wildman–Crippen LogP) is 1.91. The fourth-order valence-electron chi connectivity index (χ4n) is 4.29. The second-order valence-electron chi connectivity index (χ2n) is 10.2. The first-order chi connectivity index (χ1) is 23.4. The Hall–Kier alpha value is -6.86. The summed E-state index contributed by atoms with van der Waals surface area (Å²) < 4.78 is 33.1. The number of halogens is 2. The fraction of sp³-hybridized carbons (Fsp3) is 0.200. The van der Waals surface area contributed by atoms with E-state index in [-0.39, 0.29) is 66.5 Å². The van der Waals surface area contributed by atoms with Crippen LogP contribution in [0.25, 0.3) is 11.6 Å². The van der Waals surface area contributed by atoms with Gasteiger partial charge in [-0.15, -0.1) is 0 Å². The summed E-state index contributed by atoms with van der Waals surface area (Å²) in [7, 11) is 1.20. The molecule has 6 rings (SSSR count). The van der Waals surface area contributed by atoms with Gasteiger partial charge in [-0.1, -0.05) is 41.9 Å². The number of nitrogens with one attached hydrogen (secondary N) is 2. The number of carboxylic acid groups (broad SMARTS) is 1. The molecule has 0 spiro atoms. The Labute approximate surface area is 280 Å². The maximum absolute atomic E-state index is 13.3. The van der Waals surface area contributed by atoms with Crippen LogP contribution in [0.2, 0.25) is 0 Å². The van der Waals surface area contributed by atoms with Gasteiger partial charge >= 0.3 is 11.9 Å². The molecular formula is C30H28F2N12O6. The number of nitrogens with zero attached hydrogens (tertiary/aromatic N) is 10. The number of hydrogen-bond donors (Lipinski definition) is 3. The van der Waals surface area contributed by atoms with E-state index in [4.69, 9.17) is 5.11 Å². The Morgan fingerprint density at radius 3 is 1.60 bits per heavy atom. The molecule has 0 aliphatic rings. The molecule has 0 aliphatic carbocycles. The van der Waals surface area contributed by atoms with Crippen LogP contribution in [0, 0.1) is 25.5 Å². The molecule has 20 heteroatoms. The summed E-state index contributed by atoms with van der Waals surface area (Å²) in [5, 5.41) is 35.5. The monoisotopic (exact) mass is 690 g/mol. The normalized spacial score (nSPS) is 10.5. The van der Waals surface area contributed by atoms with Gasteiger partial charge in [0, 0.05) is 25.2 Å². The van der Waals surface area contributed by atoms with Gasteiger partial charge in [0.15, 0.2) is 11.4 Å². The van der Waals surface area contributed by atoms with Crippen molar-refractivity contribution in [2.45, 2.75) is 34.4 Å². The summed E-state index contributed by atoms with van der Waals surface area (Å²) in [6.45, 7) is 3.57. The fourth-order valence-corrected chi connectivity index (χ4v) is 4.29. The van der Waals surface area contributed by atoms with Crippen LogP contribution >= 0.6 is 0 Å². The lowest BCUT2D eigenvalue weighted by atomic mass is 10.1. The van der Waals surface area contributed by atoms with Crippen molar-refractivity contribution in [3.05, 3.63) is 105 Å². The lowest BCUT2D eigenvalue weighted by molar-refractivity contribution is 0.0589. The van der Waals surface area contributed by atoms with Crippen molar-refractivity contribution in [1.29, 1.82) is 0 Å². The van der Waals surface area contributed by atoms with Crippen LogP contribution in [0.15, 0.2) is 48.5 Å². The zero-order chi connectivity index (χ0) is 35.2. The minimum Gasteiger partial charge on any atom is -0.477 e. The lowest BCUT2D eigenvalue weighted by Crippen LogP contribution is -2.25. The zero-order valence-corrected chi connectivity index (χ0v) is 25.7. The van der Waals surface area contributed by atoms with Crippen molar-refractivity contribution < 1.29 is 37.8 Å². The molecule has 258 valence electrons. The molecule has 0 radical (unpaired) electrons. The Morgan fingerprint density at radius 2 is 1.18 bits per heavy atom. The molecule has 0 saturated carbocycles. The minimum absolute atomic E-state index is 0. The molecule has 4 heterocycles. The van der Waals surface area contributed by atoms with Gasteiger partial charge in [-0.05, 0) is 69.1 Å². The topological polar surface area (TPSA) is 234 Å². The Bertz CT molecular complexity index is 2240.